The van der Waals surface area contributed by atoms with Crippen LogP contribution >= 0.6 is 11.9 Å². The molecule has 0 saturated carbocycles. The molecule has 1 aromatic carbocycles. The summed E-state index contributed by atoms with van der Waals surface area (Å²) in [5, 5.41) is 0. The molecule has 2 aromatic heterocycles. The summed E-state index contributed by atoms with van der Waals surface area (Å²) in [5.41, 5.74) is 2.78. The average molecular weight is 396 g/mol. The molecule has 3 aromatic rings. The molecule has 0 N–H and O–H groups in total. The van der Waals surface area contributed by atoms with E-state index in [-0.39, 0.29) is 13.0 Å². The van der Waals surface area contributed by atoms with Gasteiger partial charge in [-0.25, -0.2) is 0 Å². The number of pyridine rings is 1. The first-order valence-corrected chi connectivity index (χ1v) is 9.34. The summed E-state index contributed by atoms with van der Waals surface area (Å²) in [5.74, 6) is 2.34. The Bertz CT molecular complexity index is 988. The lowest BCUT2D eigenvalue weighted by molar-refractivity contribution is -0.612. The monoisotopic (exact) mass is 396 g/mol. The lowest BCUT2D eigenvalue weighted by Crippen LogP contribution is -2.41. The molecular weight excluding hydrogens is 379 g/mol. The molecule has 1 aliphatic rings. The number of hydrogen-bond acceptors (Lipinski definition) is 4. The molecular formula is C18H17F3N3O2S+. The quantitative estimate of drug-likeness (QED) is 0.482. The van der Waals surface area contributed by atoms with Crippen molar-refractivity contribution >= 4 is 23.0 Å². The van der Waals surface area contributed by atoms with E-state index in [4.69, 9.17) is 9.47 Å². The lowest BCUT2D eigenvalue weighted by Gasteiger charge is -2.18. The summed E-state index contributed by atoms with van der Waals surface area (Å²) >= 11 is 1.59. The predicted molar refractivity (Wildman–Crippen MR) is 95.3 cm³/mol. The van der Waals surface area contributed by atoms with Crippen molar-refractivity contribution in [1.29, 1.82) is 0 Å². The van der Waals surface area contributed by atoms with Gasteiger partial charge < -0.3 is 9.47 Å². The molecule has 1 aliphatic heterocycles. The molecule has 5 nitrogen and oxygen atoms in total. The van der Waals surface area contributed by atoms with Gasteiger partial charge in [-0.2, -0.15) is 21.7 Å². The van der Waals surface area contributed by atoms with E-state index in [1.165, 1.54) is 7.11 Å². The summed E-state index contributed by atoms with van der Waals surface area (Å²) in [6.45, 7) is -0.0228. The highest BCUT2D eigenvalue weighted by molar-refractivity contribution is 7.97. The molecule has 9 heteroatoms. The third-order valence-electron chi connectivity index (χ3n) is 4.27. The number of para-hydroxylation sites is 2. The van der Waals surface area contributed by atoms with Crippen molar-refractivity contribution in [3.8, 4) is 17.4 Å². The molecule has 0 radical (unpaired) electrons. The van der Waals surface area contributed by atoms with Crippen LogP contribution in [0.25, 0.3) is 17.0 Å². The first-order chi connectivity index (χ1) is 13.0. The number of benzene rings is 1. The Morgan fingerprint density at radius 1 is 1.26 bits per heavy atom. The number of fused-ring (bicyclic) bond motifs is 5. The maximum Gasteiger partial charge on any atom is 0.416 e. The van der Waals surface area contributed by atoms with Crippen LogP contribution in [0.3, 0.4) is 0 Å². The van der Waals surface area contributed by atoms with Gasteiger partial charge in [0.15, 0.2) is 22.5 Å². The number of alkyl halides is 3. The number of rotatable bonds is 5. The summed E-state index contributed by atoms with van der Waals surface area (Å²) in [4.78, 5) is 4.69. The van der Waals surface area contributed by atoms with Crippen LogP contribution in [0.2, 0.25) is 0 Å². The van der Waals surface area contributed by atoms with Crippen molar-refractivity contribution in [1.82, 2.24) is 8.96 Å². The standard InChI is InChI=1S/C18H17F3N3O2S/c1-25-16-14-11-27-24-13-6-3-2-5-12(13)22-17(24)23(14)9-7-15(16)26-10-4-8-18(19,20)21/h2-3,5-7,9H,4,8,10-11H2,1H3/q+1. The fourth-order valence-electron chi connectivity index (χ4n) is 3.06. The summed E-state index contributed by atoms with van der Waals surface area (Å²) < 4.78 is 51.9. The molecule has 4 rings (SSSR count). The molecule has 0 spiro atoms. The Balaban J connectivity index is 1.64. The Hall–Kier alpha value is -2.42. The molecule has 0 saturated heterocycles. The van der Waals surface area contributed by atoms with Gasteiger partial charge in [0.05, 0.1) is 25.7 Å². The highest BCUT2D eigenvalue weighted by atomic mass is 32.2. The molecule has 0 bridgehead atoms. The maximum atomic E-state index is 12.3. The zero-order valence-corrected chi connectivity index (χ0v) is 15.3. The van der Waals surface area contributed by atoms with Crippen molar-refractivity contribution in [2.45, 2.75) is 24.8 Å². The summed E-state index contributed by atoms with van der Waals surface area (Å²) in [6, 6.07) is 9.58. The zero-order valence-electron chi connectivity index (χ0n) is 14.5. The second kappa shape index (κ2) is 6.95. The normalized spacial score (nSPS) is 13.3. The van der Waals surface area contributed by atoms with Gasteiger partial charge in [0.25, 0.3) is 0 Å². The van der Waals surface area contributed by atoms with Crippen LogP contribution in [0.1, 0.15) is 18.5 Å². The summed E-state index contributed by atoms with van der Waals surface area (Å²) in [7, 11) is 1.53. The van der Waals surface area contributed by atoms with E-state index in [2.05, 4.69) is 8.96 Å². The zero-order chi connectivity index (χ0) is 19.0. The molecule has 0 fully saturated rings. The first-order valence-electron chi connectivity index (χ1n) is 8.40. The average Bonchev–Trinajstić information content (AvgIpc) is 3.03. The van der Waals surface area contributed by atoms with Crippen LogP contribution < -0.4 is 14.0 Å². The number of imidazole rings is 1. The van der Waals surface area contributed by atoms with Gasteiger partial charge in [-0.15, -0.1) is 0 Å². The van der Waals surface area contributed by atoms with Gasteiger partial charge in [-0.05, 0) is 18.6 Å². The number of halogens is 3. The number of ether oxygens (including phenoxy) is 2. The van der Waals surface area contributed by atoms with E-state index in [0.717, 1.165) is 22.7 Å². The largest absolute Gasteiger partial charge is 0.490 e. The Morgan fingerprint density at radius 3 is 2.85 bits per heavy atom. The molecule has 0 atom stereocenters. The minimum Gasteiger partial charge on any atom is -0.490 e. The van der Waals surface area contributed by atoms with E-state index in [1.54, 1.807) is 18.0 Å². The second-order valence-electron chi connectivity index (χ2n) is 6.07. The maximum absolute atomic E-state index is 12.3. The van der Waals surface area contributed by atoms with E-state index in [9.17, 15) is 13.2 Å². The van der Waals surface area contributed by atoms with Gasteiger partial charge in [0.1, 0.15) is 5.69 Å². The van der Waals surface area contributed by atoms with Crippen molar-refractivity contribution in [2.75, 3.05) is 13.7 Å². The molecule has 0 amide bonds. The molecule has 0 aliphatic carbocycles. The van der Waals surface area contributed by atoms with Gasteiger partial charge in [0.2, 0.25) is 0 Å². The van der Waals surface area contributed by atoms with E-state index < -0.39 is 12.6 Å². The van der Waals surface area contributed by atoms with Crippen molar-refractivity contribution in [3.05, 3.63) is 42.2 Å². The Morgan fingerprint density at radius 2 is 2.07 bits per heavy atom. The molecule has 0 unspecified atom stereocenters. The van der Waals surface area contributed by atoms with Crippen LogP contribution in [0, 0.1) is 0 Å². The highest BCUT2D eigenvalue weighted by Gasteiger charge is 2.32. The van der Waals surface area contributed by atoms with Crippen molar-refractivity contribution in [3.63, 3.8) is 0 Å². The third kappa shape index (κ3) is 3.43. The Kier molecular flexibility index (Phi) is 4.63. The molecule has 27 heavy (non-hydrogen) atoms. The topological polar surface area (TPSA) is 40.2 Å². The van der Waals surface area contributed by atoms with Crippen LogP contribution in [0.4, 0.5) is 13.2 Å². The van der Waals surface area contributed by atoms with Crippen molar-refractivity contribution < 1.29 is 27.2 Å². The minimum atomic E-state index is -4.17. The lowest BCUT2D eigenvalue weighted by atomic mass is 10.3. The second-order valence-corrected chi connectivity index (χ2v) is 6.98. The van der Waals surface area contributed by atoms with E-state index in [1.807, 2.05) is 35.0 Å². The fourth-order valence-corrected chi connectivity index (χ4v) is 4.12. The van der Waals surface area contributed by atoms with Gasteiger partial charge in [-0.3, -0.25) is 0 Å². The van der Waals surface area contributed by atoms with Crippen LogP contribution in [-0.2, 0) is 5.75 Å². The number of nitrogens with zero attached hydrogens (tertiary/aromatic N) is 3. The SMILES string of the molecule is COc1c(OCCCC(F)(F)F)cc[n+]2c1CSn1c-2nc2ccccc21. The van der Waals surface area contributed by atoms with Gasteiger partial charge in [-0.1, -0.05) is 17.1 Å². The predicted octanol–water partition coefficient (Wildman–Crippen LogP) is 4.05. The fraction of sp³-hybridized carbons (Fsp3) is 0.333. The molecule has 3 heterocycles. The first kappa shape index (κ1) is 18.0. The van der Waals surface area contributed by atoms with Crippen molar-refractivity contribution in [2.24, 2.45) is 0 Å². The van der Waals surface area contributed by atoms with Gasteiger partial charge in [0, 0.05) is 24.4 Å². The number of aromatic nitrogens is 3. The highest BCUT2D eigenvalue weighted by Crippen LogP contribution is 2.36. The van der Waals surface area contributed by atoms with Crippen LogP contribution in [-0.4, -0.2) is 28.8 Å². The van der Waals surface area contributed by atoms with E-state index >= 15 is 0 Å². The molecule has 142 valence electrons. The number of hydrogen-bond donors (Lipinski definition) is 0. The summed E-state index contributed by atoms with van der Waals surface area (Å²) in [6.07, 6.45) is -3.32. The van der Waals surface area contributed by atoms with E-state index in [0.29, 0.717) is 17.3 Å². The third-order valence-corrected chi connectivity index (χ3v) is 5.29. The number of methoxy groups -OCH3 is 1. The Labute approximate surface area is 157 Å². The van der Waals surface area contributed by atoms with Gasteiger partial charge >= 0.3 is 12.1 Å². The minimum absolute atomic E-state index is 0.0228. The van der Waals surface area contributed by atoms with Crippen LogP contribution in [0.5, 0.6) is 11.5 Å². The van der Waals surface area contributed by atoms with Crippen LogP contribution in [0.15, 0.2) is 36.5 Å². The smallest absolute Gasteiger partial charge is 0.416 e.